The summed E-state index contributed by atoms with van der Waals surface area (Å²) < 4.78 is 32.9. The normalized spacial score (nSPS) is 46.6. The maximum atomic E-state index is 17.3. The summed E-state index contributed by atoms with van der Waals surface area (Å²) in [7, 11) is 0. The number of carbonyl (C=O) groups excluding carboxylic acids is 1. The first-order chi connectivity index (χ1) is 17.4. The number of fused-ring (bicyclic) bond motifs is 7. The van der Waals surface area contributed by atoms with Crippen LogP contribution in [0.2, 0.25) is 0 Å². The van der Waals surface area contributed by atoms with Gasteiger partial charge >= 0.3 is 5.97 Å². The van der Waals surface area contributed by atoms with Crippen molar-refractivity contribution in [2.45, 2.75) is 70.1 Å². The van der Waals surface area contributed by atoms with Crippen LogP contribution in [0, 0.1) is 35.5 Å². The van der Waals surface area contributed by atoms with E-state index in [-0.39, 0.29) is 18.4 Å². The van der Waals surface area contributed by atoms with E-state index in [0.29, 0.717) is 19.5 Å². The lowest BCUT2D eigenvalue weighted by Crippen LogP contribution is -2.70. The molecule has 37 heavy (non-hydrogen) atoms. The molecule has 4 aliphatic carbocycles. The number of nitrogens with zero attached hydrogens (tertiary/aromatic N) is 1. The molecule has 1 aromatic carbocycles. The Morgan fingerprint density at radius 1 is 1.24 bits per heavy atom. The fourth-order valence-corrected chi connectivity index (χ4v) is 8.79. The Hall–Kier alpha value is -2.42. The number of aryl methyl sites for hydroxylation is 1. The molecule has 0 unspecified atom stereocenters. The van der Waals surface area contributed by atoms with E-state index in [9.17, 15) is 19.8 Å². The van der Waals surface area contributed by atoms with Crippen LogP contribution in [0.3, 0.4) is 0 Å². The van der Waals surface area contributed by atoms with Crippen LogP contribution in [-0.2, 0) is 21.0 Å². The summed E-state index contributed by atoms with van der Waals surface area (Å²) >= 11 is 0. The second-order valence-electron chi connectivity index (χ2n) is 12.2. The Bertz CT molecular complexity index is 1250. The molecule has 1 heterocycles. The van der Waals surface area contributed by atoms with Crippen LogP contribution >= 0.6 is 0 Å². The first-order valence-electron chi connectivity index (χ1n) is 13.1. The summed E-state index contributed by atoms with van der Waals surface area (Å²) in [5.74, 6) is -3.40. The molecule has 5 aliphatic rings. The number of hydroxylamine groups is 2. The van der Waals surface area contributed by atoms with Gasteiger partial charge in [0.2, 0.25) is 0 Å². The summed E-state index contributed by atoms with van der Waals surface area (Å²) in [5, 5.41) is 23.8. The molecule has 4 fully saturated rings. The summed E-state index contributed by atoms with van der Waals surface area (Å²) in [4.78, 5) is 31.3. The number of aliphatic hydroxyl groups is 1. The standard InChI is InChI=1S/C29H33F2NO5/c1-16-5-4-6-17(9-16)14-32-15-18-10-20-21-12-23(30)22-11-19(33)7-8-26(22,2)28(21,31)24(34)13-27(20,3)29(18,37-32)25(35)36/h4-9,11,18,20-21,23-24,34H,10,12-15H2,1-3H3,(H,35,36)/t18-,20-,21-,23-,24-,26-,27-,28-,29-/m0/s1. The van der Waals surface area contributed by atoms with Crippen molar-refractivity contribution in [3.8, 4) is 0 Å². The second kappa shape index (κ2) is 7.80. The van der Waals surface area contributed by atoms with Crippen molar-refractivity contribution in [3.63, 3.8) is 0 Å². The van der Waals surface area contributed by atoms with E-state index in [0.717, 1.165) is 17.2 Å². The highest BCUT2D eigenvalue weighted by molar-refractivity contribution is 6.01. The number of benzene rings is 1. The zero-order valence-electron chi connectivity index (χ0n) is 21.3. The van der Waals surface area contributed by atoms with Crippen LogP contribution in [0.1, 0.15) is 44.2 Å². The maximum Gasteiger partial charge on any atom is 0.339 e. The van der Waals surface area contributed by atoms with E-state index < -0.39 is 63.9 Å². The number of hydrogen-bond acceptors (Lipinski definition) is 5. The van der Waals surface area contributed by atoms with Crippen LogP contribution in [0.4, 0.5) is 8.78 Å². The molecule has 198 valence electrons. The summed E-state index contributed by atoms with van der Waals surface area (Å²) in [6.45, 7) is 6.07. The van der Waals surface area contributed by atoms with Crippen LogP contribution in [0.15, 0.2) is 48.1 Å². The van der Waals surface area contributed by atoms with Crippen molar-refractivity contribution in [3.05, 3.63) is 59.2 Å². The van der Waals surface area contributed by atoms with Crippen molar-refractivity contribution in [1.29, 1.82) is 0 Å². The number of ketones is 1. The van der Waals surface area contributed by atoms with Gasteiger partial charge in [-0.05, 0) is 62.3 Å². The van der Waals surface area contributed by atoms with Gasteiger partial charge in [0.15, 0.2) is 17.1 Å². The van der Waals surface area contributed by atoms with Gasteiger partial charge in [-0.25, -0.2) is 13.6 Å². The maximum absolute atomic E-state index is 17.3. The van der Waals surface area contributed by atoms with Crippen LogP contribution in [0.5, 0.6) is 0 Å². The van der Waals surface area contributed by atoms with Crippen molar-refractivity contribution >= 4 is 11.8 Å². The largest absolute Gasteiger partial charge is 0.479 e. The fraction of sp³-hybridized carbons (Fsp3) is 0.586. The summed E-state index contributed by atoms with van der Waals surface area (Å²) in [6, 6.07) is 7.91. The topological polar surface area (TPSA) is 87.1 Å². The zero-order valence-corrected chi connectivity index (χ0v) is 21.3. The van der Waals surface area contributed by atoms with Crippen LogP contribution in [0.25, 0.3) is 0 Å². The van der Waals surface area contributed by atoms with Gasteiger partial charge < -0.3 is 10.2 Å². The minimum absolute atomic E-state index is 0.0631. The molecule has 1 aliphatic heterocycles. The number of carboxylic acid groups (broad SMARTS) is 1. The molecule has 0 aromatic heterocycles. The highest BCUT2D eigenvalue weighted by Gasteiger charge is 2.80. The molecule has 8 heteroatoms. The molecule has 6 nitrogen and oxygen atoms in total. The van der Waals surface area contributed by atoms with E-state index in [1.165, 1.54) is 12.2 Å². The lowest BCUT2D eigenvalue weighted by molar-refractivity contribution is -0.275. The molecule has 9 atom stereocenters. The zero-order chi connectivity index (χ0) is 26.5. The predicted molar refractivity (Wildman–Crippen MR) is 131 cm³/mol. The van der Waals surface area contributed by atoms with Gasteiger partial charge in [-0.1, -0.05) is 42.8 Å². The van der Waals surface area contributed by atoms with Crippen molar-refractivity contribution in [2.75, 3.05) is 6.54 Å². The molecule has 6 rings (SSSR count). The van der Waals surface area contributed by atoms with E-state index >= 15 is 8.78 Å². The first kappa shape index (κ1) is 24.9. The number of alkyl halides is 2. The van der Waals surface area contributed by atoms with Gasteiger partial charge in [-0.15, -0.1) is 0 Å². The Morgan fingerprint density at radius 3 is 2.70 bits per heavy atom. The third-order valence-corrected chi connectivity index (χ3v) is 10.4. The Labute approximate surface area is 214 Å². The van der Waals surface area contributed by atoms with Gasteiger partial charge in [0.1, 0.15) is 6.17 Å². The number of carbonyl (C=O) groups is 2. The molecule has 0 spiro atoms. The number of aliphatic carboxylic acids is 1. The predicted octanol–water partition coefficient (Wildman–Crippen LogP) is 4.11. The molecular formula is C29H33F2NO5. The highest BCUT2D eigenvalue weighted by Crippen LogP contribution is 2.72. The average Bonchev–Trinajstić information content (AvgIpc) is 3.30. The van der Waals surface area contributed by atoms with Gasteiger partial charge in [-0.3, -0.25) is 9.63 Å². The van der Waals surface area contributed by atoms with Gasteiger partial charge in [0.25, 0.3) is 0 Å². The average molecular weight is 514 g/mol. The van der Waals surface area contributed by atoms with E-state index in [4.69, 9.17) is 4.84 Å². The van der Waals surface area contributed by atoms with Crippen LogP contribution in [-0.4, -0.2) is 57.1 Å². The quantitative estimate of drug-likeness (QED) is 0.633. The van der Waals surface area contributed by atoms with Gasteiger partial charge in [0.05, 0.1) is 6.10 Å². The Balaban J connectivity index is 1.38. The van der Waals surface area contributed by atoms with E-state index in [2.05, 4.69) is 0 Å². The lowest BCUT2D eigenvalue weighted by atomic mass is 9.44. The number of hydrogen-bond donors (Lipinski definition) is 2. The van der Waals surface area contributed by atoms with Crippen molar-refractivity contribution in [1.82, 2.24) is 5.06 Å². The highest BCUT2D eigenvalue weighted by atomic mass is 19.1. The van der Waals surface area contributed by atoms with Crippen molar-refractivity contribution in [2.24, 2.45) is 28.6 Å². The number of aliphatic hydroxyl groups excluding tert-OH is 1. The molecular weight excluding hydrogens is 480 g/mol. The van der Waals surface area contributed by atoms with Gasteiger partial charge in [0, 0.05) is 35.8 Å². The number of rotatable bonds is 3. The molecule has 0 amide bonds. The number of halogens is 2. The SMILES string of the molecule is Cc1cccc(CN2C[C@@H]3C[C@H]4[C@@H]5C[C@H](F)C6=CC(=O)C=C[C@]6(C)[C@@]5(F)[C@@H](O)C[C@]4(C)[C@]3(C(=O)O)O2)c1. The lowest BCUT2D eigenvalue weighted by Gasteiger charge is -2.63. The van der Waals surface area contributed by atoms with E-state index in [1.54, 1.807) is 18.9 Å². The molecule has 1 saturated heterocycles. The first-order valence-corrected chi connectivity index (χ1v) is 13.1. The van der Waals surface area contributed by atoms with E-state index in [1.807, 2.05) is 31.2 Å². The second-order valence-corrected chi connectivity index (χ2v) is 12.2. The molecule has 2 N–H and O–H groups in total. The third kappa shape index (κ3) is 3.00. The number of carboxylic acids is 1. The summed E-state index contributed by atoms with van der Waals surface area (Å²) in [6.07, 6.45) is 0.730. The monoisotopic (exact) mass is 513 g/mol. The molecule has 0 radical (unpaired) electrons. The molecule has 0 bridgehead atoms. The molecule has 1 aromatic rings. The third-order valence-electron chi connectivity index (χ3n) is 10.4. The molecule has 3 saturated carbocycles. The van der Waals surface area contributed by atoms with Crippen molar-refractivity contribution < 1.29 is 33.4 Å². The smallest absolute Gasteiger partial charge is 0.339 e. The van der Waals surface area contributed by atoms with Gasteiger partial charge in [-0.2, -0.15) is 5.06 Å². The van der Waals surface area contributed by atoms with Crippen LogP contribution < -0.4 is 0 Å². The Kier molecular flexibility index (Phi) is 5.25. The minimum atomic E-state index is -2.23. The summed E-state index contributed by atoms with van der Waals surface area (Å²) in [5.41, 5.74) is -4.34. The Morgan fingerprint density at radius 2 is 2.00 bits per heavy atom. The minimum Gasteiger partial charge on any atom is -0.479 e. The number of allylic oxidation sites excluding steroid dienone is 4. The fourth-order valence-electron chi connectivity index (χ4n) is 8.79.